The topological polar surface area (TPSA) is 87.9 Å². The van der Waals surface area contributed by atoms with Crippen molar-refractivity contribution in [3.8, 4) is 11.8 Å². The molecule has 0 bridgehead atoms. The number of nitrogens with zero attached hydrogens (tertiary/aromatic N) is 3. The molecule has 0 aliphatic heterocycles. The molecule has 21 heavy (non-hydrogen) atoms. The van der Waals surface area contributed by atoms with Crippen LogP contribution in [0.25, 0.3) is 0 Å². The summed E-state index contributed by atoms with van der Waals surface area (Å²) in [7, 11) is 1.43. The number of nitrogens with one attached hydrogen (secondary N) is 1. The molecule has 2 rings (SSSR count). The lowest BCUT2D eigenvalue weighted by Gasteiger charge is -2.11. The lowest BCUT2D eigenvalue weighted by Crippen LogP contribution is -2.15. The van der Waals surface area contributed by atoms with E-state index >= 15 is 0 Å². The van der Waals surface area contributed by atoms with Gasteiger partial charge in [0.2, 0.25) is 0 Å². The number of carbonyl (C=O) groups is 1. The smallest absolute Gasteiger partial charge is 0.259 e. The number of hydrogen-bond donors (Lipinski definition) is 1. The van der Waals surface area contributed by atoms with Crippen LogP contribution in [0.1, 0.15) is 15.9 Å². The van der Waals surface area contributed by atoms with Crippen LogP contribution in [-0.4, -0.2) is 23.2 Å². The molecule has 6 nitrogen and oxygen atoms in total. The van der Waals surface area contributed by atoms with Crippen molar-refractivity contribution in [2.24, 2.45) is 0 Å². The number of carbonyl (C=O) groups excluding carboxylic acids is 1. The molecule has 0 atom stereocenters. The maximum Gasteiger partial charge on any atom is 0.259 e. The third kappa shape index (κ3) is 3.21. The highest BCUT2D eigenvalue weighted by molar-refractivity contribution is 6.34. The van der Waals surface area contributed by atoms with E-state index in [0.29, 0.717) is 5.75 Å². The number of para-hydroxylation sites is 1. The van der Waals surface area contributed by atoms with Gasteiger partial charge in [-0.1, -0.05) is 29.3 Å². The summed E-state index contributed by atoms with van der Waals surface area (Å²) in [5.74, 6) is -0.218. The highest BCUT2D eigenvalue weighted by Crippen LogP contribution is 2.29. The summed E-state index contributed by atoms with van der Waals surface area (Å²) in [5, 5.41) is 18.7. The normalized spacial score (nSPS) is 9.81. The average molecular weight is 323 g/mol. The highest BCUT2D eigenvalue weighted by Gasteiger charge is 2.17. The van der Waals surface area contributed by atoms with Crippen LogP contribution in [0.3, 0.4) is 0 Å². The van der Waals surface area contributed by atoms with Crippen molar-refractivity contribution in [2.75, 3.05) is 12.4 Å². The van der Waals surface area contributed by atoms with Crippen molar-refractivity contribution in [3.63, 3.8) is 0 Å². The van der Waals surface area contributed by atoms with Gasteiger partial charge in [0.25, 0.3) is 5.91 Å². The Bertz CT molecular complexity index is 743. The average Bonchev–Trinajstić information content (AvgIpc) is 2.49. The molecule has 8 heteroatoms. The summed E-state index contributed by atoms with van der Waals surface area (Å²) in [5.41, 5.74) is 0.551. The van der Waals surface area contributed by atoms with Crippen LogP contribution < -0.4 is 10.1 Å². The first kappa shape index (κ1) is 15.0. The molecule has 1 aromatic heterocycles. The summed E-state index contributed by atoms with van der Waals surface area (Å²) in [6.07, 6.45) is 0. The van der Waals surface area contributed by atoms with E-state index in [1.54, 1.807) is 18.2 Å². The summed E-state index contributed by atoms with van der Waals surface area (Å²) in [6.45, 7) is 0. The Morgan fingerprint density at radius 2 is 2.14 bits per heavy atom. The molecule has 0 radical (unpaired) electrons. The van der Waals surface area contributed by atoms with Gasteiger partial charge in [-0.25, -0.2) is 0 Å². The van der Waals surface area contributed by atoms with Gasteiger partial charge in [-0.15, -0.1) is 10.2 Å². The third-order valence-corrected chi connectivity index (χ3v) is 3.03. The number of halogens is 2. The monoisotopic (exact) mass is 322 g/mol. The lowest BCUT2D eigenvalue weighted by atomic mass is 10.1. The van der Waals surface area contributed by atoms with E-state index < -0.39 is 5.91 Å². The fourth-order valence-electron chi connectivity index (χ4n) is 1.62. The SMILES string of the molecule is COc1cccc(C#N)c1NC(=O)c1cc(Cl)nnc1Cl. The van der Waals surface area contributed by atoms with E-state index in [9.17, 15) is 4.79 Å². The second-order valence-corrected chi connectivity index (χ2v) is 4.57. The number of aromatic nitrogens is 2. The summed E-state index contributed by atoms with van der Waals surface area (Å²) in [6, 6.07) is 8.07. The number of nitriles is 1. The zero-order valence-electron chi connectivity index (χ0n) is 10.7. The second-order valence-electron chi connectivity index (χ2n) is 3.82. The molecule has 0 saturated carbocycles. The number of hydrogen-bond acceptors (Lipinski definition) is 5. The van der Waals surface area contributed by atoms with E-state index in [-0.39, 0.29) is 27.1 Å². The molecule has 0 saturated heterocycles. The second kappa shape index (κ2) is 6.39. The molecule has 0 aliphatic carbocycles. The van der Waals surface area contributed by atoms with Gasteiger partial charge in [-0.2, -0.15) is 5.26 Å². The molecule has 1 amide bonds. The Morgan fingerprint density at radius 3 is 2.81 bits per heavy atom. The first-order valence-electron chi connectivity index (χ1n) is 5.64. The number of ether oxygens (including phenoxy) is 1. The Morgan fingerprint density at radius 1 is 1.38 bits per heavy atom. The van der Waals surface area contributed by atoms with Crippen LogP contribution in [0.5, 0.6) is 5.75 Å². The van der Waals surface area contributed by atoms with Crippen LogP contribution in [0.4, 0.5) is 5.69 Å². The predicted octanol–water partition coefficient (Wildman–Crippen LogP) is 2.92. The minimum atomic E-state index is -0.571. The van der Waals surface area contributed by atoms with Gasteiger partial charge in [-0.05, 0) is 18.2 Å². The molecule has 0 fully saturated rings. The Balaban J connectivity index is 2.41. The molecule has 1 N–H and O–H groups in total. The zero-order valence-corrected chi connectivity index (χ0v) is 12.2. The zero-order chi connectivity index (χ0) is 15.4. The van der Waals surface area contributed by atoms with Crippen molar-refractivity contribution in [1.29, 1.82) is 5.26 Å². The summed E-state index contributed by atoms with van der Waals surface area (Å²) in [4.78, 5) is 12.2. The molecule has 0 spiro atoms. The van der Waals surface area contributed by atoms with Gasteiger partial charge >= 0.3 is 0 Å². The van der Waals surface area contributed by atoms with Gasteiger partial charge < -0.3 is 10.1 Å². The van der Waals surface area contributed by atoms with E-state index in [2.05, 4.69) is 15.5 Å². The lowest BCUT2D eigenvalue weighted by molar-refractivity contribution is 0.102. The van der Waals surface area contributed by atoms with Crippen LogP contribution in [-0.2, 0) is 0 Å². The number of amides is 1. The first-order valence-corrected chi connectivity index (χ1v) is 6.39. The minimum Gasteiger partial charge on any atom is -0.495 e. The molecule has 106 valence electrons. The van der Waals surface area contributed by atoms with Crippen molar-refractivity contribution in [1.82, 2.24) is 10.2 Å². The van der Waals surface area contributed by atoms with Crippen LogP contribution >= 0.6 is 23.2 Å². The maximum atomic E-state index is 12.2. The molecule has 0 aliphatic rings. The van der Waals surface area contributed by atoms with Gasteiger partial charge in [0.1, 0.15) is 17.5 Å². The van der Waals surface area contributed by atoms with Gasteiger partial charge in [0, 0.05) is 0 Å². The van der Waals surface area contributed by atoms with Gasteiger partial charge in [0.15, 0.2) is 10.3 Å². The third-order valence-electron chi connectivity index (χ3n) is 2.57. The molecule has 1 aromatic carbocycles. The largest absolute Gasteiger partial charge is 0.495 e. The molecular formula is C13H8Cl2N4O2. The van der Waals surface area contributed by atoms with Crippen LogP contribution in [0.2, 0.25) is 10.3 Å². The van der Waals surface area contributed by atoms with E-state index in [4.69, 9.17) is 33.2 Å². The quantitative estimate of drug-likeness (QED) is 0.938. The van der Waals surface area contributed by atoms with Crippen molar-refractivity contribution >= 4 is 34.8 Å². The van der Waals surface area contributed by atoms with E-state index in [1.165, 1.54) is 13.2 Å². The minimum absolute atomic E-state index is 0.0325. The van der Waals surface area contributed by atoms with Crippen molar-refractivity contribution in [2.45, 2.75) is 0 Å². The predicted molar refractivity (Wildman–Crippen MR) is 77.7 cm³/mol. The van der Waals surface area contributed by atoms with Crippen LogP contribution in [0, 0.1) is 11.3 Å². The maximum absolute atomic E-state index is 12.2. The first-order chi connectivity index (χ1) is 10.1. The molecule has 1 heterocycles. The van der Waals surface area contributed by atoms with Gasteiger partial charge in [-0.3, -0.25) is 4.79 Å². The molecular weight excluding hydrogens is 315 g/mol. The Hall–Kier alpha value is -2.36. The number of rotatable bonds is 3. The highest BCUT2D eigenvalue weighted by atomic mass is 35.5. The summed E-state index contributed by atoms with van der Waals surface area (Å²) >= 11 is 11.5. The van der Waals surface area contributed by atoms with E-state index in [0.717, 1.165) is 0 Å². The fourth-order valence-corrected chi connectivity index (χ4v) is 1.94. The Kier molecular flexibility index (Phi) is 4.58. The number of benzene rings is 1. The van der Waals surface area contributed by atoms with Crippen molar-refractivity contribution in [3.05, 3.63) is 45.7 Å². The Labute approximate surface area is 130 Å². The summed E-state index contributed by atoms with van der Waals surface area (Å²) < 4.78 is 5.13. The van der Waals surface area contributed by atoms with Gasteiger partial charge in [0.05, 0.1) is 18.2 Å². The number of anilines is 1. The van der Waals surface area contributed by atoms with Crippen molar-refractivity contribution < 1.29 is 9.53 Å². The van der Waals surface area contributed by atoms with Crippen LogP contribution in [0.15, 0.2) is 24.3 Å². The van der Waals surface area contributed by atoms with E-state index in [1.807, 2.05) is 6.07 Å². The standard InChI is InChI=1S/C13H8Cl2N4O2/c1-21-9-4-2-3-7(6-16)11(9)17-13(20)8-5-10(14)18-19-12(8)15/h2-5H,1H3,(H,17,20). The molecule has 2 aromatic rings. The number of methoxy groups -OCH3 is 1. The molecule has 0 unspecified atom stereocenters. The fraction of sp³-hybridized carbons (Fsp3) is 0.0769.